The van der Waals surface area contributed by atoms with Crippen LogP contribution in [-0.2, 0) is 0 Å². The molecule has 1 unspecified atom stereocenters. The van der Waals surface area contributed by atoms with Gasteiger partial charge < -0.3 is 5.32 Å². The fourth-order valence-electron chi connectivity index (χ4n) is 1.84. The highest BCUT2D eigenvalue weighted by Crippen LogP contribution is 2.25. The van der Waals surface area contributed by atoms with E-state index < -0.39 is 0 Å². The molecule has 1 fully saturated rings. The van der Waals surface area contributed by atoms with Crippen LogP contribution in [-0.4, -0.2) is 11.5 Å². The van der Waals surface area contributed by atoms with Crippen molar-refractivity contribution < 1.29 is 4.39 Å². The minimum absolute atomic E-state index is 0.331. The molecule has 1 aromatic heterocycles. The predicted octanol–water partition coefficient (Wildman–Crippen LogP) is 1.95. The van der Waals surface area contributed by atoms with E-state index in [2.05, 4.69) is 10.3 Å². The number of pyridine rings is 1. The van der Waals surface area contributed by atoms with E-state index in [1.54, 1.807) is 12.3 Å². The lowest BCUT2D eigenvalue weighted by Crippen LogP contribution is -2.14. The lowest BCUT2D eigenvalue weighted by Gasteiger charge is -2.12. The summed E-state index contributed by atoms with van der Waals surface area (Å²) in [4.78, 5) is 3.62. The summed E-state index contributed by atoms with van der Waals surface area (Å²) < 4.78 is 12.9. The summed E-state index contributed by atoms with van der Waals surface area (Å²) in [6.07, 6.45) is 3.88. The summed E-state index contributed by atoms with van der Waals surface area (Å²) in [6.45, 7) is 3.01. The second-order valence-corrected chi connectivity index (χ2v) is 3.51. The second-order valence-electron chi connectivity index (χ2n) is 3.51. The Balaban J connectivity index is 2.32. The van der Waals surface area contributed by atoms with Gasteiger partial charge in [-0.2, -0.15) is 4.39 Å². The predicted molar refractivity (Wildman–Crippen MR) is 48.9 cm³/mol. The monoisotopic (exact) mass is 180 g/mol. The van der Waals surface area contributed by atoms with Crippen LogP contribution in [0.2, 0.25) is 0 Å². The molecule has 2 nitrogen and oxygen atoms in total. The van der Waals surface area contributed by atoms with E-state index in [1.807, 2.05) is 6.92 Å². The fraction of sp³-hybridized carbons (Fsp3) is 0.500. The average molecular weight is 180 g/mol. The normalized spacial score (nSPS) is 22.2. The van der Waals surface area contributed by atoms with Crippen LogP contribution in [0.1, 0.15) is 30.0 Å². The van der Waals surface area contributed by atoms with E-state index in [1.165, 1.54) is 6.42 Å². The molecule has 70 valence electrons. The van der Waals surface area contributed by atoms with E-state index in [4.69, 9.17) is 0 Å². The molecule has 0 radical (unpaired) electrons. The first-order chi connectivity index (χ1) is 6.27. The minimum atomic E-state index is -0.380. The summed E-state index contributed by atoms with van der Waals surface area (Å²) in [6, 6.07) is 1.87. The van der Waals surface area contributed by atoms with Gasteiger partial charge in [-0.25, -0.2) is 4.98 Å². The molecule has 0 saturated carbocycles. The van der Waals surface area contributed by atoms with Crippen LogP contribution in [0.15, 0.2) is 12.3 Å². The molecule has 3 heteroatoms. The Labute approximate surface area is 77.2 Å². The summed E-state index contributed by atoms with van der Waals surface area (Å²) in [5.74, 6) is -0.380. The molecule has 13 heavy (non-hydrogen) atoms. The fourth-order valence-corrected chi connectivity index (χ4v) is 1.84. The lowest BCUT2D eigenvalue weighted by atomic mass is 10.0. The Bertz CT molecular complexity index is 306. The van der Waals surface area contributed by atoms with Crippen LogP contribution in [0.4, 0.5) is 4.39 Å². The Kier molecular flexibility index (Phi) is 2.27. The molecule has 2 rings (SSSR count). The first-order valence-electron chi connectivity index (χ1n) is 4.63. The van der Waals surface area contributed by atoms with Crippen molar-refractivity contribution in [1.29, 1.82) is 0 Å². The molecule has 1 atom stereocenters. The maximum atomic E-state index is 12.9. The van der Waals surface area contributed by atoms with Gasteiger partial charge in [-0.3, -0.25) is 0 Å². The number of nitrogens with one attached hydrogen (secondary N) is 1. The van der Waals surface area contributed by atoms with Gasteiger partial charge in [0.15, 0.2) is 0 Å². The smallest absolute Gasteiger partial charge is 0.213 e. The van der Waals surface area contributed by atoms with Crippen LogP contribution in [0.5, 0.6) is 0 Å². The van der Waals surface area contributed by atoms with Crippen molar-refractivity contribution in [1.82, 2.24) is 10.3 Å². The molecule has 0 aromatic carbocycles. The third-order valence-corrected chi connectivity index (χ3v) is 2.55. The number of nitrogens with zero attached hydrogens (tertiary/aromatic N) is 1. The van der Waals surface area contributed by atoms with Crippen molar-refractivity contribution in [3.63, 3.8) is 0 Å². The van der Waals surface area contributed by atoms with Gasteiger partial charge in [0.2, 0.25) is 5.95 Å². The third-order valence-electron chi connectivity index (χ3n) is 2.55. The largest absolute Gasteiger partial charge is 0.310 e. The number of halogens is 1. The molecule has 0 spiro atoms. The maximum Gasteiger partial charge on any atom is 0.213 e. The van der Waals surface area contributed by atoms with Crippen molar-refractivity contribution in [2.24, 2.45) is 0 Å². The van der Waals surface area contributed by atoms with E-state index in [0.29, 0.717) is 6.04 Å². The summed E-state index contributed by atoms with van der Waals surface area (Å²) in [5.41, 5.74) is 2.13. The number of hydrogen-bond donors (Lipinski definition) is 1. The molecule has 1 aromatic rings. The average Bonchev–Trinajstić information content (AvgIpc) is 2.61. The summed E-state index contributed by atoms with van der Waals surface area (Å²) in [5, 5.41) is 3.35. The topological polar surface area (TPSA) is 24.9 Å². The molecule has 2 heterocycles. The van der Waals surface area contributed by atoms with Gasteiger partial charge in [0.05, 0.1) is 0 Å². The van der Waals surface area contributed by atoms with Crippen molar-refractivity contribution >= 4 is 0 Å². The highest BCUT2D eigenvalue weighted by atomic mass is 19.1. The molecule has 0 amide bonds. The standard InChI is InChI=1S/C10H13FN2/c1-7-6-13-10(11)5-8(7)9-3-2-4-12-9/h5-6,9,12H,2-4H2,1H3. The quantitative estimate of drug-likeness (QED) is 0.668. The highest BCUT2D eigenvalue weighted by molar-refractivity contribution is 5.26. The highest BCUT2D eigenvalue weighted by Gasteiger charge is 2.18. The zero-order chi connectivity index (χ0) is 9.26. The van der Waals surface area contributed by atoms with Gasteiger partial charge in [0.1, 0.15) is 0 Å². The molecule has 1 aliphatic rings. The van der Waals surface area contributed by atoms with Crippen LogP contribution < -0.4 is 5.32 Å². The Morgan fingerprint density at radius 3 is 3.15 bits per heavy atom. The van der Waals surface area contributed by atoms with E-state index in [9.17, 15) is 4.39 Å². The van der Waals surface area contributed by atoms with Gasteiger partial charge in [-0.15, -0.1) is 0 Å². The first-order valence-corrected chi connectivity index (χ1v) is 4.63. The lowest BCUT2D eigenvalue weighted by molar-refractivity contribution is 0.568. The summed E-state index contributed by atoms with van der Waals surface area (Å²) in [7, 11) is 0. The summed E-state index contributed by atoms with van der Waals surface area (Å²) >= 11 is 0. The second kappa shape index (κ2) is 3.42. The molecular weight excluding hydrogens is 167 g/mol. The Morgan fingerprint density at radius 1 is 1.62 bits per heavy atom. The van der Waals surface area contributed by atoms with Crippen molar-refractivity contribution in [2.45, 2.75) is 25.8 Å². The SMILES string of the molecule is Cc1cnc(F)cc1C1CCCN1. The molecule has 0 aliphatic carbocycles. The van der Waals surface area contributed by atoms with Crippen molar-refractivity contribution in [3.8, 4) is 0 Å². The van der Waals surface area contributed by atoms with E-state index in [0.717, 1.165) is 24.1 Å². The zero-order valence-corrected chi connectivity index (χ0v) is 7.68. The van der Waals surface area contributed by atoms with Gasteiger partial charge >= 0.3 is 0 Å². The van der Waals surface area contributed by atoms with Gasteiger partial charge in [-0.1, -0.05) is 0 Å². The molecule has 0 bridgehead atoms. The van der Waals surface area contributed by atoms with E-state index >= 15 is 0 Å². The van der Waals surface area contributed by atoms with Crippen LogP contribution in [0, 0.1) is 12.9 Å². The molecule has 1 aliphatic heterocycles. The van der Waals surface area contributed by atoms with Crippen LogP contribution in [0.3, 0.4) is 0 Å². The number of hydrogen-bond acceptors (Lipinski definition) is 2. The Morgan fingerprint density at radius 2 is 2.46 bits per heavy atom. The van der Waals surface area contributed by atoms with Crippen LogP contribution >= 0.6 is 0 Å². The molecule has 1 N–H and O–H groups in total. The molecular formula is C10H13FN2. The van der Waals surface area contributed by atoms with E-state index in [-0.39, 0.29) is 5.95 Å². The maximum absolute atomic E-state index is 12.9. The molecule has 1 saturated heterocycles. The number of rotatable bonds is 1. The van der Waals surface area contributed by atoms with Crippen molar-refractivity contribution in [3.05, 3.63) is 29.3 Å². The van der Waals surface area contributed by atoms with Crippen LogP contribution in [0.25, 0.3) is 0 Å². The zero-order valence-electron chi connectivity index (χ0n) is 7.68. The Hall–Kier alpha value is -0.960. The minimum Gasteiger partial charge on any atom is -0.310 e. The first kappa shape index (κ1) is 8.63. The third kappa shape index (κ3) is 1.70. The van der Waals surface area contributed by atoms with Gasteiger partial charge in [0, 0.05) is 12.2 Å². The number of aryl methyl sites for hydroxylation is 1. The van der Waals surface area contributed by atoms with Crippen molar-refractivity contribution in [2.75, 3.05) is 6.54 Å². The van der Waals surface area contributed by atoms with Gasteiger partial charge in [-0.05, 0) is 43.5 Å². The van der Waals surface area contributed by atoms with Gasteiger partial charge in [0.25, 0.3) is 0 Å². The number of aromatic nitrogens is 1.